The number of rotatable bonds is 15. The number of carbonyl (C=O) groups excluding carboxylic acids is 3. The van der Waals surface area contributed by atoms with Gasteiger partial charge in [-0.2, -0.15) is 0 Å². The first-order valence-electron chi connectivity index (χ1n) is 9.11. The molecule has 0 amide bonds. The molecule has 0 fully saturated rings. The number of alkyl halides is 1. The van der Waals surface area contributed by atoms with Crippen molar-refractivity contribution >= 4 is 40.6 Å². The second-order valence-electron chi connectivity index (χ2n) is 5.99. The molecule has 0 N–H and O–H groups in total. The molecule has 0 spiro atoms. The summed E-state index contributed by atoms with van der Waals surface area (Å²) in [4.78, 5) is 34.3. The van der Waals surface area contributed by atoms with E-state index >= 15 is 0 Å². The lowest BCUT2D eigenvalue weighted by Crippen LogP contribution is -2.28. The number of carbonyl (C=O) groups is 3. The fourth-order valence-corrected chi connectivity index (χ4v) is 2.54. The number of unbranched alkanes of at least 4 members (excludes halogenated alkanes) is 5. The number of hydrogen-bond donors (Lipinski definition) is 0. The lowest BCUT2D eigenvalue weighted by Gasteiger charge is -2.16. The quantitative estimate of drug-likeness (QED) is 0.166. The van der Waals surface area contributed by atoms with E-state index in [-0.39, 0.29) is 25.2 Å². The maximum atomic E-state index is 11.9. The van der Waals surface area contributed by atoms with Crippen LogP contribution in [-0.2, 0) is 28.5 Å². The average molecular weight is 427 g/mol. The van der Waals surface area contributed by atoms with Crippen molar-refractivity contribution in [2.45, 2.75) is 70.0 Å². The molecule has 0 radical (unpaired) electrons. The van der Waals surface area contributed by atoms with E-state index in [0.29, 0.717) is 12.8 Å². The normalized spacial score (nSPS) is 12.9. The van der Waals surface area contributed by atoms with E-state index in [0.717, 1.165) is 50.3 Å². The molecule has 0 saturated carbocycles. The topological polar surface area (TPSA) is 88.1 Å². The van der Waals surface area contributed by atoms with Crippen molar-refractivity contribution in [1.82, 2.24) is 0 Å². The maximum Gasteiger partial charge on any atom is 0.367 e. The Balaban J connectivity index is 3.71. The number of halogens is 1. The predicted octanol–water partition coefficient (Wildman–Crippen LogP) is 4.29. The van der Waals surface area contributed by atoms with Crippen molar-refractivity contribution in [3.8, 4) is 0 Å². The smallest absolute Gasteiger partial charge is 0.367 e. The Hall–Kier alpha value is -0.990. The highest BCUT2D eigenvalue weighted by atomic mass is 35.5. The lowest BCUT2D eigenvalue weighted by atomic mass is 10.1. The highest BCUT2D eigenvalue weighted by Crippen LogP contribution is 2.11. The Labute approximate surface area is 170 Å². The summed E-state index contributed by atoms with van der Waals surface area (Å²) >= 11 is 6.53. The molecule has 0 aliphatic carbocycles. The number of esters is 2. The lowest BCUT2D eigenvalue weighted by molar-refractivity contribution is -0.154. The summed E-state index contributed by atoms with van der Waals surface area (Å²) in [5, 5.41) is -0.419. The maximum absolute atomic E-state index is 11.9. The van der Waals surface area contributed by atoms with Crippen LogP contribution in [-0.4, -0.2) is 55.5 Å². The molecule has 9 heteroatoms. The second kappa shape index (κ2) is 17.1. The van der Waals surface area contributed by atoms with Gasteiger partial charge in [-0.1, -0.05) is 37.3 Å². The van der Waals surface area contributed by atoms with Crippen LogP contribution < -0.4 is 0 Å². The molecule has 0 bridgehead atoms. The Morgan fingerprint density at radius 3 is 1.89 bits per heavy atom. The monoisotopic (exact) mass is 426 g/mol. The van der Waals surface area contributed by atoms with E-state index in [4.69, 9.17) is 30.5 Å². The van der Waals surface area contributed by atoms with Crippen molar-refractivity contribution in [3.05, 3.63) is 0 Å². The van der Waals surface area contributed by atoms with Crippen LogP contribution in [0, 0.1) is 0 Å². The first-order valence-corrected chi connectivity index (χ1v) is 10.8. The van der Waals surface area contributed by atoms with Gasteiger partial charge < -0.3 is 18.9 Å². The molecule has 2 unspecified atom stereocenters. The van der Waals surface area contributed by atoms with Gasteiger partial charge in [-0.15, -0.1) is 0 Å². The Bertz CT molecular complexity index is 432. The summed E-state index contributed by atoms with van der Waals surface area (Å²) in [6, 6.07) is 0. The molecule has 0 saturated heterocycles. The van der Waals surface area contributed by atoms with Crippen LogP contribution in [0.25, 0.3) is 0 Å². The van der Waals surface area contributed by atoms with Gasteiger partial charge in [0.2, 0.25) is 0 Å². The Morgan fingerprint density at radius 2 is 1.41 bits per heavy atom. The molecule has 2 atom stereocenters. The average Bonchev–Trinajstić information content (AvgIpc) is 2.61. The van der Waals surface area contributed by atoms with Crippen LogP contribution in [0.15, 0.2) is 0 Å². The van der Waals surface area contributed by atoms with Crippen LogP contribution >= 0.6 is 23.4 Å². The molecule has 0 heterocycles. The summed E-state index contributed by atoms with van der Waals surface area (Å²) in [5.74, 6) is -0.593. The predicted molar refractivity (Wildman–Crippen MR) is 105 cm³/mol. The molecule has 0 aliphatic heterocycles. The van der Waals surface area contributed by atoms with Gasteiger partial charge in [0, 0.05) is 20.0 Å². The summed E-state index contributed by atoms with van der Waals surface area (Å²) in [5.41, 5.74) is -0.585. The Kier molecular flexibility index (Phi) is 16.5. The number of ether oxygens (including phenoxy) is 4. The zero-order valence-electron chi connectivity index (χ0n) is 16.4. The van der Waals surface area contributed by atoms with E-state index in [9.17, 15) is 14.4 Å². The third kappa shape index (κ3) is 16.9. The molecule has 158 valence electrons. The first kappa shape index (κ1) is 26.0. The fraction of sp³-hybridized carbons (Fsp3) is 0.833. The third-order valence-electron chi connectivity index (χ3n) is 3.51. The first-order chi connectivity index (χ1) is 12.9. The minimum atomic E-state index is -0.589. The molecule has 7 nitrogen and oxygen atoms in total. The highest BCUT2D eigenvalue weighted by Gasteiger charge is 2.16. The minimum absolute atomic E-state index is 0.00974. The molecule has 0 aromatic rings. The summed E-state index contributed by atoms with van der Waals surface area (Å²) in [6.45, 7) is 1.78. The van der Waals surface area contributed by atoms with Crippen molar-refractivity contribution in [2.75, 3.05) is 26.6 Å². The summed E-state index contributed by atoms with van der Waals surface area (Å²) < 4.78 is 20.0. The minimum Gasteiger partial charge on any atom is -0.456 e. The number of hydrogen-bond acceptors (Lipinski definition) is 8. The van der Waals surface area contributed by atoms with Crippen molar-refractivity contribution < 1.29 is 33.3 Å². The third-order valence-corrected chi connectivity index (χ3v) is 4.05. The zero-order valence-corrected chi connectivity index (χ0v) is 17.9. The molecule has 0 aromatic heterocycles. The molecule has 0 aromatic carbocycles. The van der Waals surface area contributed by atoms with Gasteiger partial charge in [0.15, 0.2) is 11.7 Å². The van der Waals surface area contributed by atoms with Crippen molar-refractivity contribution in [1.29, 1.82) is 0 Å². The van der Waals surface area contributed by atoms with Gasteiger partial charge in [-0.05, 0) is 37.8 Å². The summed E-state index contributed by atoms with van der Waals surface area (Å²) in [6.07, 6.45) is 7.06. The van der Waals surface area contributed by atoms with Gasteiger partial charge >= 0.3 is 17.2 Å². The van der Waals surface area contributed by atoms with E-state index in [1.807, 2.05) is 0 Å². The van der Waals surface area contributed by atoms with Gasteiger partial charge in [0.05, 0.1) is 6.61 Å². The van der Waals surface area contributed by atoms with Crippen LogP contribution in [0.2, 0.25) is 0 Å². The van der Waals surface area contributed by atoms with E-state index < -0.39 is 17.0 Å². The number of thioether (sulfide) groups is 1. The molecular weight excluding hydrogens is 396 g/mol. The largest absolute Gasteiger partial charge is 0.456 e. The molecular formula is C18H31ClO7S. The van der Waals surface area contributed by atoms with Crippen LogP contribution in [0.1, 0.15) is 58.3 Å². The highest BCUT2D eigenvalue weighted by molar-refractivity contribution is 8.12. The standard InChI is InChI=1S/C18H31ClO7S/c1-14(19)25-16(20)10-8-6-4-5-7-9-11-17(21)26-15(12-23-2)13-24-18(22)27-3/h14-15H,4-13H2,1-3H3. The van der Waals surface area contributed by atoms with Gasteiger partial charge in [0.25, 0.3) is 0 Å². The van der Waals surface area contributed by atoms with Crippen LogP contribution in [0.5, 0.6) is 0 Å². The molecule has 0 rings (SSSR count). The van der Waals surface area contributed by atoms with Gasteiger partial charge in [-0.3, -0.25) is 9.59 Å². The SMILES string of the molecule is COCC(COC(=O)SC)OC(=O)CCCCCCCCC(=O)OC(C)Cl. The van der Waals surface area contributed by atoms with Crippen LogP contribution in [0.3, 0.4) is 0 Å². The van der Waals surface area contributed by atoms with Gasteiger partial charge in [-0.25, -0.2) is 4.79 Å². The van der Waals surface area contributed by atoms with Crippen LogP contribution in [0.4, 0.5) is 4.79 Å². The van der Waals surface area contributed by atoms with E-state index in [1.54, 1.807) is 13.2 Å². The summed E-state index contributed by atoms with van der Waals surface area (Å²) in [7, 11) is 1.49. The van der Waals surface area contributed by atoms with Crippen molar-refractivity contribution in [2.24, 2.45) is 0 Å². The van der Waals surface area contributed by atoms with E-state index in [2.05, 4.69) is 0 Å². The van der Waals surface area contributed by atoms with E-state index in [1.165, 1.54) is 7.11 Å². The number of methoxy groups -OCH3 is 1. The van der Waals surface area contributed by atoms with Crippen molar-refractivity contribution in [3.63, 3.8) is 0 Å². The fourth-order valence-electron chi connectivity index (χ4n) is 2.25. The second-order valence-corrected chi connectivity index (χ2v) is 7.34. The van der Waals surface area contributed by atoms with Gasteiger partial charge in [0.1, 0.15) is 6.61 Å². The zero-order chi connectivity index (χ0) is 20.5. The molecule has 27 heavy (non-hydrogen) atoms. The molecule has 0 aliphatic rings. The Morgan fingerprint density at radius 1 is 0.889 bits per heavy atom.